The lowest BCUT2D eigenvalue weighted by Gasteiger charge is -2.28. The molecule has 3 heterocycles. The summed E-state index contributed by atoms with van der Waals surface area (Å²) < 4.78 is 13.1. The van der Waals surface area contributed by atoms with Gasteiger partial charge in [-0.15, -0.1) is 0 Å². The van der Waals surface area contributed by atoms with Gasteiger partial charge in [-0.3, -0.25) is 4.98 Å². The third-order valence-electron chi connectivity index (χ3n) is 5.24. The predicted molar refractivity (Wildman–Crippen MR) is 121 cm³/mol. The first-order valence-electron chi connectivity index (χ1n) is 10.1. The van der Waals surface area contributed by atoms with E-state index in [2.05, 4.69) is 50.2 Å². The van der Waals surface area contributed by atoms with Crippen molar-refractivity contribution < 1.29 is 9.47 Å². The fourth-order valence-electron chi connectivity index (χ4n) is 3.90. The summed E-state index contributed by atoms with van der Waals surface area (Å²) in [4.78, 5) is 6.79. The van der Waals surface area contributed by atoms with Gasteiger partial charge in [0.05, 0.1) is 31.0 Å². The number of benzene rings is 1. The number of methoxy groups -OCH3 is 1. The van der Waals surface area contributed by atoms with Gasteiger partial charge in [-0.05, 0) is 67.7 Å². The Kier molecular flexibility index (Phi) is 6.30. The summed E-state index contributed by atoms with van der Waals surface area (Å²) in [6, 6.07) is 18.3. The summed E-state index contributed by atoms with van der Waals surface area (Å²) in [7, 11) is 1.71. The van der Waals surface area contributed by atoms with Crippen LogP contribution >= 0.6 is 12.2 Å². The SMILES string of the molecule is CCOc1ccc(-n2cccc2[C@@H]2[C@H](c3ccccn3)NC(=S)N2CCOC)cc1. The number of aromatic nitrogens is 2. The Balaban J connectivity index is 1.73. The Hall–Kier alpha value is -2.90. The minimum absolute atomic E-state index is 0.0101. The molecule has 1 aromatic carbocycles. The summed E-state index contributed by atoms with van der Waals surface area (Å²) in [5.41, 5.74) is 3.17. The quantitative estimate of drug-likeness (QED) is 0.556. The van der Waals surface area contributed by atoms with Crippen molar-refractivity contribution in [3.63, 3.8) is 0 Å². The van der Waals surface area contributed by atoms with Gasteiger partial charge in [0, 0.05) is 37.4 Å². The van der Waals surface area contributed by atoms with Gasteiger partial charge in [0.25, 0.3) is 0 Å². The van der Waals surface area contributed by atoms with Crippen LogP contribution in [0.4, 0.5) is 0 Å². The Morgan fingerprint density at radius 2 is 1.93 bits per heavy atom. The van der Waals surface area contributed by atoms with Crippen LogP contribution in [0.5, 0.6) is 5.75 Å². The third kappa shape index (κ3) is 4.04. The van der Waals surface area contributed by atoms with Crippen molar-refractivity contribution in [2.24, 2.45) is 0 Å². The van der Waals surface area contributed by atoms with E-state index in [1.165, 1.54) is 0 Å². The first kappa shape index (κ1) is 20.4. The van der Waals surface area contributed by atoms with E-state index in [4.69, 9.17) is 21.7 Å². The first-order valence-corrected chi connectivity index (χ1v) is 10.5. The minimum atomic E-state index is -0.0492. The fourth-order valence-corrected chi connectivity index (χ4v) is 4.23. The second-order valence-corrected chi connectivity index (χ2v) is 7.43. The molecule has 1 aliphatic rings. The molecule has 6 nitrogen and oxygen atoms in total. The Bertz CT molecular complexity index is 974. The summed E-state index contributed by atoms with van der Waals surface area (Å²) in [6.45, 7) is 3.93. The van der Waals surface area contributed by atoms with Crippen molar-refractivity contribution in [1.29, 1.82) is 0 Å². The lowest BCUT2D eigenvalue weighted by atomic mass is 10.0. The Labute approximate surface area is 182 Å². The second kappa shape index (κ2) is 9.28. The summed E-state index contributed by atoms with van der Waals surface area (Å²) in [5.74, 6) is 0.867. The zero-order valence-electron chi connectivity index (χ0n) is 17.2. The average molecular weight is 423 g/mol. The highest BCUT2D eigenvalue weighted by Gasteiger charge is 2.41. The van der Waals surface area contributed by atoms with E-state index >= 15 is 0 Å². The molecule has 2 atom stereocenters. The van der Waals surface area contributed by atoms with Crippen LogP contribution in [0.3, 0.4) is 0 Å². The number of pyridine rings is 1. The van der Waals surface area contributed by atoms with Crippen LogP contribution in [0.25, 0.3) is 5.69 Å². The summed E-state index contributed by atoms with van der Waals surface area (Å²) >= 11 is 5.69. The van der Waals surface area contributed by atoms with Crippen molar-refractivity contribution in [3.8, 4) is 11.4 Å². The molecule has 1 fully saturated rings. The molecule has 1 saturated heterocycles. The molecule has 1 aliphatic heterocycles. The molecule has 0 aliphatic carbocycles. The van der Waals surface area contributed by atoms with E-state index in [0.717, 1.165) is 22.8 Å². The molecule has 156 valence electrons. The average Bonchev–Trinajstić information content (AvgIpc) is 3.38. The maximum Gasteiger partial charge on any atom is 0.170 e. The molecule has 3 aromatic rings. The van der Waals surface area contributed by atoms with E-state index in [-0.39, 0.29) is 12.1 Å². The van der Waals surface area contributed by atoms with Crippen LogP contribution in [-0.4, -0.2) is 46.4 Å². The minimum Gasteiger partial charge on any atom is -0.494 e. The van der Waals surface area contributed by atoms with Gasteiger partial charge >= 0.3 is 0 Å². The molecule has 0 amide bonds. The van der Waals surface area contributed by atoms with Crippen molar-refractivity contribution >= 4 is 17.3 Å². The van der Waals surface area contributed by atoms with Gasteiger partial charge in [-0.2, -0.15) is 0 Å². The van der Waals surface area contributed by atoms with Gasteiger partial charge in [0.2, 0.25) is 0 Å². The molecule has 7 heteroatoms. The van der Waals surface area contributed by atoms with Crippen LogP contribution in [0, 0.1) is 0 Å². The highest BCUT2D eigenvalue weighted by molar-refractivity contribution is 7.80. The highest BCUT2D eigenvalue weighted by atomic mass is 32.1. The van der Waals surface area contributed by atoms with E-state index in [0.29, 0.717) is 24.9 Å². The molecular weight excluding hydrogens is 396 g/mol. The van der Waals surface area contributed by atoms with Crippen LogP contribution in [0.1, 0.15) is 30.4 Å². The molecule has 0 spiro atoms. The first-order chi connectivity index (χ1) is 14.7. The monoisotopic (exact) mass is 422 g/mol. The number of thiocarbonyl (C=S) groups is 1. The Morgan fingerprint density at radius 1 is 1.10 bits per heavy atom. The van der Waals surface area contributed by atoms with Crippen molar-refractivity contribution in [2.45, 2.75) is 19.0 Å². The van der Waals surface area contributed by atoms with E-state index in [9.17, 15) is 0 Å². The molecule has 1 N–H and O–H groups in total. The summed E-state index contributed by atoms with van der Waals surface area (Å²) in [6.07, 6.45) is 3.90. The normalized spacial score (nSPS) is 18.5. The number of nitrogens with zero attached hydrogens (tertiary/aromatic N) is 3. The topological polar surface area (TPSA) is 51.5 Å². The number of hydrogen-bond acceptors (Lipinski definition) is 4. The van der Waals surface area contributed by atoms with Crippen molar-refractivity contribution in [3.05, 3.63) is 78.4 Å². The van der Waals surface area contributed by atoms with Gasteiger partial charge < -0.3 is 24.3 Å². The predicted octanol–water partition coefficient (Wildman–Crippen LogP) is 3.89. The number of hydrogen-bond donors (Lipinski definition) is 1. The summed E-state index contributed by atoms with van der Waals surface area (Å²) in [5, 5.41) is 4.19. The number of rotatable bonds is 8. The molecule has 0 bridgehead atoms. The zero-order chi connectivity index (χ0) is 20.9. The molecule has 2 aromatic heterocycles. The van der Waals surface area contributed by atoms with E-state index < -0.39 is 0 Å². The standard InChI is InChI=1S/C23H26N4O2S/c1-3-29-18-11-9-17(10-12-18)26-14-6-8-20(26)22-21(19-7-4-5-13-24-19)25-23(30)27(22)15-16-28-2/h4-14,21-22H,3,15-16H2,1-2H3,(H,25,30)/t21-,22+/m0/s1. The number of nitrogens with one attached hydrogen (secondary N) is 1. The Morgan fingerprint density at radius 3 is 2.63 bits per heavy atom. The maximum absolute atomic E-state index is 5.69. The van der Waals surface area contributed by atoms with Crippen molar-refractivity contribution in [1.82, 2.24) is 19.8 Å². The highest BCUT2D eigenvalue weighted by Crippen LogP contribution is 2.39. The maximum atomic E-state index is 5.69. The molecule has 0 radical (unpaired) electrons. The second-order valence-electron chi connectivity index (χ2n) is 7.04. The molecule has 4 rings (SSSR count). The van der Waals surface area contributed by atoms with Crippen LogP contribution in [0.2, 0.25) is 0 Å². The van der Waals surface area contributed by atoms with Gasteiger partial charge in [-0.25, -0.2) is 0 Å². The van der Waals surface area contributed by atoms with Gasteiger partial charge in [0.1, 0.15) is 5.75 Å². The molecular formula is C23H26N4O2S. The van der Waals surface area contributed by atoms with Crippen molar-refractivity contribution in [2.75, 3.05) is 26.9 Å². The van der Waals surface area contributed by atoms with E-state index in [1.54, 1.807) is 7.11 Å². The van der Waals surface area contributed by atoms with Crippen LogP contribution in [0.15, 0.2) is 67.0 Å². The smallest absolute Gasteiger partial charge is 0.170 e. The lowest BCUT2D eigenvalue weighted by molar-refractivity contribution is 0.163. The molecule has 0 unspecified atom stereocenters. The number of ether oxygens (including phenoxy) is 2. The lowest BCUT2D eigenvalue weighted by Crippen LogP contribution is -2.33. The van der Waals surface area contributed by atoms with Gasteiger partial charge in [0.15, 0.2) is 5.11 Å². The molecule has 0 saturated carbocycles. The fraction of sp³-hybridized carbons (Fsp3) is 0.304. The zero-order valence-corrected chi connectivity index (χ0v) is 18.0. The van der Waals surface area contributed by atoms with Gasteiger partial charge in [-0.1, -0.05) is 6.07 Å². The third-order valence-corrected chi connectivity index (χ3v) is 5.60. The largest absolute Gasteiger partial charge is 0.494 e. The van der Waals surface area contributed by atoms with Crippen LogP contribution < -0.4 is 10.1 Å². The molecule has 30 heavy (non-hydrogen) atoms. The van der Waals surface area contributed by atoms with Crippen LogP contribution in [-0.2, 0) is 4.74 Å². The van der Waals surface area contributed by atoms with E-state index in [1.807, 2.05) is 43.5 Å².